The molecule has 2 amide bonds. The van der Waals surface area contributed by atoms with Gasteiger partial charge in [-0.3, -0.25) is 15.0 Å². The van der Waals surface area contributed by atoms with E-state index in [0.29, 0.717) is 22.6 Å². The molecule has 0 bridgehead atoms. The number of hydrogen-bond donors (Lipinski definition) is 1. The Morgan fingerprint density at radius 2 is 1.63 bits per heavy atom. The average molecular weight is 395 g/mol. The molecule has 0 saturated carbocycles. The van der Waals surface area contributed by atoms with Crippen molar-refractivity contribution >= 4 is 23.6 Å². The Kier molecular flexibility index (Phi) is 5.27. The van der Waals surface area contributed by atoms with Crippen LogP contribution < -0.4 is 15.2 Å². The number of para-hydroxylation sites is 2. The van der Waals surface area contributed by atoms with Crippen LogP contribution in [0.3, 0.4) is 0 Å². The number of anilines is 1. The van der Waals surface area contributed by atoms with Crippen LogP contribution in [0.4, 0.5) is 5.69 Å². The van der Waals surface area contributed by atoms with Gasteiger partial charge in [0.1, 0.15) is 17.9 Å². The summed E-state index contributed by atoms with van der Waals surface area (Å²) in [4.78, 5) is 25.2. The predicted octanol–water partition coefficient (Wildman–Crippen LogP) is 3.60. The summed E-state index contributed by atoms with van der Waals surface area (Å²) in [6.07, 6.45) is 1.52. The highest BCUT2D eigenvalue weighted by atomic mass is 16.5. The molecule has 3 aromatic rings. The molecule has 1 aliphatic heterocycles. The lowest BCUT2D eigenvalue weighted by Gasteiger charge is -2.14. The van der Waals surface area contributed by atoms with E-state index in [0.717, 1.165) is 5.56 Å². The van der Waals surface area contributed by atoms with E-state index >= 15 is 0 Å². The maximum Gasteiger partial charge on any atom is 0.282 e. The van der Waals surface area contributed by atoms with Crippen LogP contribution in [0.2, 0.25) is 0 Å². The van der Waals surface area contributed by atoms with Crippen molar-refractivity contribution in [1.82, 2.24) is 5.43 Å². The van der Waals surface area contributed by atoms with Gasteiger partial charge in [-0.05, 0) is 30.3 Å². The summed E-state index contributed by atoms with van der Waals surface area (Å²) in [6.45, 7) is 0.195. The molecule has 0 radical (unpaired) electrons. The largest absolute Gasteiger partial charge is 0.488 e. The maximum atomic E-state index is 12.8. The molecule has 0 atom stereocenters. The molecule has 0 unspecified atom stereocenters. The molecule has 30 heavy (non-hydrogen) atoms. The van der Waals surface area contributed by atoms with Gasteiger partial charge >= 0.3 is 0 Å². The average Bonchev–Trinajstić information content (AvgIpc) is 3.07. The van der Waals surface area contributed by atoms with Crippen LogP contribution in [0.15, 0.2) is 84.4 Å². The third kappa shape index (κ3) is 3.77. The van der Waals surface area contributed by atoms with Crippen molar-refractivity contribution in [2.75, 3.05) is 5.01 Å². The first-order valence-corrected chi connectivity index (χ1v) is 9.29. The van der Waals surface area contributed by atoms with Gasteiger partial charge in [-0.15, -0.1) is 0 Å². The Morgan fingerprint density at radius 3 is 2.43 bits per heavy atom. The third-order valence-corrected chi connectivity index (χ3v) is 4.65. The van der Waals surface area contributed by atoms with Gasteiger partial charge in [0.15, 0.2) is 0 Å². The van der Waals surface area contributed by atoms with Crippen molar-refractivity contribution in [2.45, 2.75) is 6.61 Å². The smallest absolute Gasteiger partial charge is 0.282 e. The van der Waals surface area contributed by atoms with Crippen LogP contribution in [0.5, 0.6) is 5.75 Å². The number of nitriles is 1. The van der Waals surface area contributed by atoms with E-state index in [2.05, 4.69) is 11.5 Å². The monoisotopic (exact) mass is 395 g/mol. The van der Waals surface area contributed by atoms with Gasteiger partial charge in [-0.1, -0.05) is 54.6 Å². The molecule has 6 heteroatoms. The van der Waals surface area contributed by atoms with Crippen LogP contribution in [0, 0.1) is 11.3 Å². The van der Waals surface area contributed by atoms with Crippen molar-refractivity contribution in [1.29, 1.82) is 5.26 Å². The Bertz CT molecular complexity index is 1180. The molecule has 0 aromatic heterocycles. The second-order valence-electron chi connectivity index (χ2n) is 6.57. The number of amides is 2. The van der Waals surface area contributed by atoms with E-state index in [1.807, 2.05) is 18.2 Å². The maximum absolute atomic E-state index is 12.8. The van der Waals surface area contributed by atoms with E-state index in [-0.39, 0.29) is 12.2 Å². The normalized spacial score (nSPS) is 14.5. The number of hydrazine groups is 1. The number of rotatable bonds is 5. The van der Waals surface area contributed by atoms with E-state index in [1.54, 1.807) is 60.7 Å². The zero-order chi connectivity index (χ0) is 20.9. The predicted molar refractivity (Wildman–Crippen MR) is 112 cm³/mol. The molecular weight excluding hydrogens is 378 g/mol. The minimum Gasteiger partial charge on any atom is -0.488 e. The first-order valence-electron chi connectivity index (χ1n) is 9.29. The van der Waals surface area contributed by atoms with Gasteiger partial charge in [0.2, 0.25) is 0 Å². The van der Waals surface area contributed by atoms with E-state index < -0.39 is 11.8 Å². The topological polar surface area (TPSA) is 82.4 Å². The summed E-state index contributed by atoms with van der Waals surface area (Å²) in [5.74, 6) is -0.402. The fourth-order valence-electron chi connectivity index (χ4n) is 3.11. The SMILES string of the molecule is N#Cc1ccccc1COc1ccccc1/C=C1/C(=O)NN(c2ccccc2)C1=O. The lowest BCUT2D eigenvalue weighted by Crippen LogP contribution is -2.35. The van der Waals surface area contributed by atoms with E-state index in [4.69, 9.17) is 4.74 Å². The number of carbonyl (C=O) groups is 2. The number of nitrogens with one attached hydrogen (secondary N) is 1. The molecule has 1 N–H and O–H groups in total. The zero-order valence-corrected chi connectivity index (χ0v) is 15.9. The summed E-state index contributed by atoms with van der Waals surface area (Å²) in [5, 5.41) is 10.5. The van der Waals surface area contributed by atoms with Crippen molar-refractivity contribution in [2.24, 2.45) is 0 Å². The summed E-state index contributed by atoms with van der Waals surface area (Å²) in [5.41, 5.74) is 5.08. The highest BCUT2D eigenvalue weighted by molar-refractivity contribution is 6.31. The number of ether oxygens (including phenoxy) is 1. The zero-order valence-electron chi connectivity index (χ0n) is 15.9. The lowest BCUT2D eigenvalue weighted by molar-refractivity contribution is -0.117. The minimum absolute atomic E-state index is 0.0207. The minimum atomic E-state index is -0.478. The van der Waals surface area contributed by atoms with Crippen LogP contribution >= 0.6 is 0 Å². The second kappa shape index (κ2) is 8.33. The summed E-state index contributed by atoms with van der Waals surface area (Å²) in [7, 11) is 0. The van der Waals surface area contributed by atoms with Crippen molar-refractivity contribution < 1.29 is 14.3 Å². The van der Waals surface area contributed by atoms with Gasteiger partial charge in [0.25, 0.3) is 11.8 Å². The van der Waals surface area contributed by atoms with Crippen LogP contribution in [-0.2, 0) is 16.2 Å². The van der Waals surface area contributed by atoms with Crippen molar-refractivity contribution in [3.63, 3.8) is 0 Å². The second-order valence-corrected chi connectivity index (χ2v) is 6.57. The number of benzene rings is 3. The highest BCUT2D eigenvalue weighted by Crippen LogP contribution is 2.26. The number of nitrogens with zero attached hydrogens (tertiary/aromatic N) is 2. The Labute approximate surface area is 173 Å². The van der Waals surface area contributed by atoms with Crippen LogP contribution in [0.1, 0.15) is 16.7 Å². The first kappa shape index (κ1) is 19.0. The lowest BCUT2D eigenvalue weighted by atomic mass is 10.1. The van der Waals surface area contributed by atoms with Gasteiger partial charge in [-0.25, -0.2) is 5.01 Å². The molecule has 4 rings (SSSR count). The summed E-state index contributed by atoms with van der Waals surface area (Å²) < 4.78 is 5.91. The molecule has 3 aromatic carbocycles. The number of hydrogen-bond acceptors (Lipinski definition) is 4. The fourth-order valence-corrected chi connectivity index (χ4v) is 3.11. The summed E-state index contributed by atoms with van der Waals surface area (Å²) in [6, 6.07) is 25.4. The van der Waals surface area contributed by atoms with E-state index in [9.17, 15) is 14.9 Å². The molecule has 6 nitrogen and oxygen atoms in total. The first-order chi connectivity index (χ1) is 14.7. The molecule has 0 aliphatic carbocycles. The molecule has 1 fully saturated rings. The molecule has 146 valence electrons. The van der Waals surface area contributed by atoms with Gasteiger partial charge in [0.05, 0.1) is 17.3 Å². The molecule has 1 aliphatic rings. The Hall–Kier alpha value is -4.37. The third-order valence-electron chi connectivity index (χ3n) is 4.65. The Balaban J connectivity index is 1.59. The Morgan fingerprint density at radius 1 is 0.933 bits per heavy atom. The molecule has 1 heterocycles. The van der Waals surface area contributed by atoms with E-state index in [1.165, 1.54) is 11.1 Å². The van der Waals surface area contributed by atoms with Gasteiger partial charge < -0.3 is 4.74 Å². The van der Waals surface area contributed by atoms with Gasteiger partial charge in [-0.2, -0.15) is 5.26 Å². The van der Waals surface area contributed by atoms with Crippen molar-refractivity contribution in [3.8, 4) is 11.8 Å². The molecule has 1 saturated heterocycles. The molecule has 0 spiro atoms. The van der Waals surface area contributed by atoms with Gasteiger partial charge in [0, 0.05) is 11.1 Å². The molecular formula is C24H17N3O3. The standard InChI is InChI=1S/C24H17N3O3/c25-15-18-9-4-5-10-19(18)16-30-22-13-7-6-8-17(22)14-21-23(28)26-27(24(21)29)20-11-2-1-3-12-20/h1-14H,16H2,(H,26,28)/b21-14-. The van der Waals surface area contributed by atoms with Crippen LogP contribution in [-0.4, -0.2) is 11.8 Å². The van der Waals surface area contributed by atoms with Crippen molar-refractivity contribution in [3.05, 3.63) is 101 Å². The quantitative estimate of drug-likeness (QED) is 0.529. The highest BCUT2D eigenvalue weighted by Gasteiger charge is 2.34. The van der Waals surface area contributed by atoms with Crippen LogP contribution in [0.25, 0.3) is 6.08 Å². The number of carbonyl (C=O) groups excluding carboxylic acids is 2. The fraction of sp³-hybridized carbons (Fsp3) is 0.0417. The summed E-state index contributed by atoms with van der Waals surface area (Å²) >= 11 is 0.